The predicted octanol–water partition coefficient (Wildman–Crippen LogP) is 5.99. The monoisotopic (exact) mass is 590 g/mol. The van der Waals surface area contributed by atoms with E-state index in [1.54, 1.807) is 12.1 Å². The highest BCUT2D eigenvalue weighted by Gasteiger charge is 2.29. The van der Waals surface area contributed by atoms with Gasteiger partial charge < -0.3 is 24.4 Å². The molecule has 4 heterocycles. The van der Waals surface area contributed by atoms with Crippen molar-refractivity contribution >= 4 is 64.5 Å². The van der Waals surface area contributed by atoms with E-state index in [0.29, 0.717) is 60.6 Å². The number of fused-ring (bicyclic) bond motifs is 2. The van der Waals surface area contributed by atoms with Gasteiger partial charge in [0.15, 0.2) is 5.43 Å². The van der Waals surface area contributed by atoms with Gasteiger partial charge in [0.25, 0.3) is 0 Å². The van der Waals surface area contributed by atoms with Crippen molar-refractivity contribution in [3.05, 3.63) is 79.1 Å². The molecule has 0 saturated carbocycles. The van der Waals surface area contributed by atoms with E-state index in [4.69, 9.17) is 32.4 Å². The smallest absolute Gasteiger partial charge is 0.440 e. The summed E-state index contributed by atoms with van der Waals surface area (Å²) in [5.74, 6) is 0.657. The Labute approximate surface area is 248 Å². The van der Waals surface area contributed by atoms with Gasteiger partial charge in [0, 0.05) is 34.7 Å². The molecule has 0 spiro atoms. The van der Waals surface area contributed by atoms with Crippen molar-refractivity contribution in [3.63, 3.8) is 0 Å². The van der Waals surface area contributed by atoms with Crippen molar-refractivity contribution in [2.75, 3.05) is 23.3 Å². The average Bonchev–Trinajstić information content (AvgIpc) is 2.96. The molecule has 0 bridgehead atoms. The van der Waals surface area contributed by atoms with Gasteiger partial charge in [-0.1, -0.05) is 29.3 Å². The van der Waals surface area contributed by atoms with Gasteiger partial charge in [0.05, 0.1) is 34.6 Å². The minimum atomic E-state index is -1.25. The van der Waals surface area contributed by atoms with Crippen molar-refractivity contribution in [2.45, 2.75) is 46.1 Å². The van der Waals surface area contributed by atoms with Crippen LogP contribution in [0, 0.1) is 13.8 Å². The van der Waals surface area contributed by atoms with Gasteiger partial charge in [-0.05, 0) is 81.5 Å². The average molecular weight is 591 g/mol. The molecule has 1 saturated heterocycles. The maximum absolute atomic E-state index is 13.5. The second kappa shape index (κ2) is 11.0. The summed E-state index contributed by atoms with van der Waals surface area (Å²) in [5.41, 5.74) is 6.09. The maximum Gasteiger partial charge on any atom is 0.585 e. The molecule has 6 rings (SSSR count). The van der Waals surface area contributed by atoms with Crippen LogP contribution in [0.25, 0.3) is 22.2 Å². The van der Waals surface area contributed by atoms with E-state index in [9.17, 15) is 9.82 Å². The molecule has 2 aromatic heterocycles. The Kier molecular flexibility index (Phi) is 7.44. The van der Waals surface area contributed by atoms with Gasteiger partial charge in [-0.2, -0.15) is 0 Å². The SMILES string of the molecule is Cc1cc(C(C)Nc2ccc(Cl)nc2-c2cc(Cl)c3c(c2)C=NOB3O)c2oc(N3CCCCC3)c(C)c(=O)c2c1. The molecule has 8 nitrogen and oxygen atoms in total. The summed E-state index contributed by atoms with van der Waals surface area (Å²) in [6, 6.07) is 10.8. The fraction of sp³-hybridized carbons (Fsp3) is 0.300. The molecule has 1 unspecified atom stereocenters. The summed E-state index contributed by atoms with van der Waals surface area (Å²) in [6.45, 7) is 7.60. The summed E-state index contributed by atoms with van der Waals surface area (Å²) in [6.07, 6.45) is 4.85. The van der Waals surface area contributed by atoms with Crippen molar-refractivity contribution in [1.82, 2.24) is 4.98 Å². The summed E-state index contributed by atoms with van der Waals surface area (Å²) < 4.78 is 11.5. The first-order chi connectivity index (χ1) is 19.7. The highest BCUT2D eigenvalue weighted by Crippen LogP contribution is 2.36. The third kappa shape index (κ3) is 5.18. The lowest BCUT2D eigenvalue weighted by Gasteiger charge is -2.29. The van der Waals surface area contributed by atoms with E-state index < -0.39 is 7.12 Å². The topological polar surface area (TPSA) is 100 Å². The summed E-state index contributed by atoms with van der Waals surface area (Å²) >= 11 is 12.9. The van der Waals surface area contributed by atoms with Crippen LogP contribution in [0.2, 0.25) is 10.2 Å². The first-order valence-corrected chi connectivity index (χ1v) is 14.4. The predicted molar refractivity (Wildman–Crippen MR) is 166 cm³/mol. The Morgan fingerprint density at radius 3 is 2.66 bits per heavy atom. The first kappa shape index (κ1) is 27.6. The standard InChI is InChI=1S/C30H29BCl2N4O4/c1-16-11-21(29-22(12-16)28(38)17(2)30(40-29)37-9-5-4-6-10-37)18(3)35-24-7-8-25(33)36-27(24)19-13-20-15-34-41-31(39)26(20)23(32)14-19/h7-8,11-15,18,35,39H,4-6,9-10H2,1-3H3. The lowest BCUT2D eigenvalue weighted by atomic mass is 9.75. The second-order valence-electron chi connectivity index (χ2n) is 10.7. The van der Waals surface area contributed by atoms with Gasteiger partial charge >= 0.3 is 7.12 Å². The van der Waals surface area contributed by atoms with E-state index in [1.165, 1.54) is 12.6 Å². The number of oxime groups is 1. The molecule has 0 aliphatic carbocycles. The number of nitrogens with zero attached hydrogens (tertiary/aromatic N) is 3. The number of pyridine rings is 1. The molecule has 2 aliphatic rings. The van der Waals surface area contributed by atoms with Crippen LogP contribution in [0.4, 0.5) is 11.6 Å². The summed E-state index contributed by atoms with van der Waals surface area (Å²) in [5, 5.41) is 18.7. The number of rotatable bonds is 5. The van der Waals surface area contributed by atoms with Crippen molar-refractivity contribution < 1.29 is 14.2 Å². The van der Waals surface area contributed by atoms with Crippen molar-refractivity contribution in [3.8, 4) is 11.3 Å². The normalized spacial score (nSPS) is 15.6. The van der Waals surface area contributed by atoms with Crippen LogP contribution in [0.5, 0.6) is 0 Å². The number of hydrogen-bond donors (Lipinski definition) is 2. The lowest BCUT2D eigenvalue weighted by Crippen LogP contribution is -2.38. The Morgan fingerprint density at radius 2 is 1.88 bits per heavy atom. The molecule has 210 valence electrons. The number of aryl methyl sites for hydroxylation is 1. The zero-order chi connectivity index (χ0) is 28.8. The molecule has 4 aromatic rings. The van der Waals surface area contributed by atoms with Crippen LogP contribution in [0.3, 0.4) is 0 Å². The third-order valence-electron chi connectivity index (χ3n) is 7.74. The summed E-state index contributed by atoms with van der Waals surface area (Å²) in [4.78, 5) is 20.3. The molecule has 0 radical (unpaired) electrons. The minimum absolute atomic E-state index is 0.00523. The van der Waals surface area contributed by atoms with Crippen LogP contribution in [0.1, 0.15) is 54.5 Å². The Hall–Kier alpha value is -3.53. The van der Waals surface area contributed by atoms with Crippen molar-refractivity contribution in [2.24, 2.45) is 5.16 Å². The quantitative estimate of drug-likeness (QED) is 0.217. The molecule has 2 aromatic carbocycles. The summed E-state index contributed by atoms with van der Waals surface area (Å²) in [7, 11) is -1.25. The lowest BCUT2D eigenvalue weighted by molar-refractivity contribution is 0.286. The molecule has 0 amide bonds. The van der Waals surface area contributed by atoms with Crippen LogP contribution in [0.15, 0.2) is 50.8 Å². The number of benzene rings is 2. The van der Waals surface area contributed by atoms with Gasteiger partial charge in [-0.15, -0.1) is 5.16 Å². The van der Waals surface area contributed by atoms with Crippen LogP contribution >= 0.6 is 23.2 Å². The van der Waals surface area contributed by atoms with Gasteiger partial charge in [0.2, 0.25) is 5.88 Å². The molecule has 1 fully saturated rings. The Morgan fingerprint density at radius 1 is 1.10 bits per heavy atom. The fourth-order valence-electron chi connectivity index (χ4n) is 5.70. The van der Waals surface area contributed by atoms with Gasteiger partial charge in [-0.3, -0.25) is 4.79 Å². The maximum atomic E-state index is 13.5. The number of halogens is 2. The van der Waals surface area contributed by atoms with Crippen molar-refractivity contribution in [1.29, 1.82) is 0 Å². The Balaban J connectivity index is 1.43. The number of hydrogen-bond acceptors (Lipinski definition) is 8. The highest BCUT2D eigenvalue weighted by atomic mass is 35.5. The van der Waals surface area contributed by atoms with Crippen LogP contribution < -0.4 is 21.1 Å². The largest absolute Gasteiger partial charge is 0.585 e. The Bertz CT molecular complexity index is 1750. The molecular formula is C30H29BCl2N4O4. The third-order valence-corrected chi connectivity index (χ3v) is 8.27. The van der Waals surface area contributed by atoms with Gasteiger partial charge in [0.1, 0.15) is 10.7 Å². The fourth-order valence-corrected chi connectivity index (χ4v) is 6.17. The number of piperidine rings is 1. The molecule has 41 heavy (non-hydrogen) atoms. The molecular weight excluding hydrogens is 562 g/mol. The van der Waals surface area contributed by atoms with Crippen LogP contribution in [-0.4, -0.2) is 36.4 Å². The number of nitrogens with one attached hydrogen (secondary N) is 1. The zero-order valence-corrected chi connectivity index (χ0v) is 24.5. The van der Waals surface area contributed by atoms with E-state index in [2.05, 4.69) is 26.4 Å². The second-order valence-corrected chi connectivity index (χ2v) is 11.5. The van der Waals surface area contributed by atoms with E-state index in [-0.39, 0.29) is 11.5 Å². The molecule has 2 aliphatic heterocycles. The zero-order valence-electron chi connectivity index (χ0n) is 23.0. The molecule has 11 heteroatoms. The van der Waals surface area contributed by atoms with Crippen LogP contribution in [-0.2, 0) is 4.76 Å². The number of aromatic nitrogens is 1. The first-order valence-electron chi connectivity index (χ1n) is 13.7. The molecule has 2 N–H and O–H groups in total. The van der Waals surface area contributed by atoms with E-state index in [1.807, 2.05) is 39.0 Å². The van der Waals surface area contributed by atoms with Gasteiger partial charge in [-0.25, -0.2) is 4.98 Å². The highest BCUT2D eigenvalue weighted by molar-refractivity contribution is 6.65. The van der Waals surface area contributed by atoms with E-state index >= 15 is 0 Å². The number of anilines is 2. The minimum Gasteiger partial charge on any atom is -0.440 e. The van der Waals surface area contributed by atoms with E-state index in [0.717, 1.165) is 37.1 Å². The molecule has 1 atom stereocenters.